The van der Waals surface area contributed by atoms with E-state index in [9.17, 15) is 9.59 Å². The fourth-order valence-corrected chi connectivity index (χ4v) is 1.67. The molecule has 0 aliphatic carbocycles. The van der Waals surface area contributed by atoms with Crippen molar-refractivity contribution in [2.24, 2.45) is 5.73 Å². The third-order valence-corrected chi connectivity index (χ3v) is 2.73. The van der Waals surface area contributed by atoms with Crippen molar-refractivity contribution in [1.82, 2.24) is 5.32 Å². The van der Waals surface area contributed by atoms with E-state index in [1.165, 1.54) is 0 Å². The summed E-state index contributed by atoms with van der Waals surface area (Å²) in [7, 11) is 0. The van der Waals surface area contributed by atoms with Gasteiger partial charge < -0.3 is 11.1 Å². The van der Waals surface area contributed by atoms with Gasteiger partial charge >= 0.3 is 0 Å². The van der Waals surface area contributed by atoms with Gasteiger partial charge in [-0.1, -0.05) is 30.3 Å². The Kier molecular flexibility index (Phi) is 3.93. The molecule has 0 saturated heterocycles. The Labute approximate surface area is 111 Å². The smallest absolute Gasteiger partial charge is 0.251 e. The molecule has 0 aliphatic heterocycles. The molecule has 0 saturated carbocycles. The van der Waals surface area contributed by atoms with Gasteiger partial charge in [-0.05, 0) is 29.8 Å². The number of nitrogens with two attached hydrogens (primary N) is 1. The maximum Gasteiger partial charge on any atom is 0.251 e. The van der Waals surface area contributed by atoms with Crippen LogP contribution in [-0.2, 0) is 6.54 Å². The van der Waals surface area contributed by atoms with Crippen molar-refractivity contribution >= 4 is 11.8 Å². The molecule has 2 amide bonds. The van der Waals surface area contributed by atoms with Gasteiger partial charge in [-0.25, -0.2) is 0 Å². The van der Waals surface area contributed by atoms with Crippen molar-refractivity contribution < 1.29 is 9.59 Å². The van der Waals surface area contributed by atoms with Crippen LogP contribution in [0, 0.1) is 0 Å². The molecule has 0 aliphatic rings. The van der Waals surface area contributed by atoms with E-state index in [0.717, 1.165) is 5.56 Å². The second kappa shape index (κ2) is 5.82. The average molecular weight is 254 g/mol. The van der Waals surface area contributed by atoms with Gasteiger partial charge in [-0.2, -0.15) is 0 Å². The molecule has 2 aromatic carbocycles. The Hall–Kier alpha value is -2.62. The van der Waals surface area contributed by atoms with E-state index in [1.54, 1.807) is 24.3 Å². The topological polar surface area (TPSA) is 72.2 Å². The van der Waals surface area contributed by atoms with E-state index in [2.05, 4.69) is 5.32 Å². The van der Waals surface area contributed by atoms with Gasteiger partial charge in [-0.15, -0.1) is 0 Å². The first-order valence-electron chi connectivity index (χ1n) is 5.89. The number of primary amides is 1. The molecule has 0 spiro atoms. The summed E-state index contributed by atoms with van der Waals surface area (Å²) in [5, 5.41) is 2.81. The van der Waals surface area contributed by atoms with Crippen molar-refractivity contribution in [1.29, 1.82) is 0 Å². The highest BCUT2D eigenvalue weighted by Crippen LogP contribution is 2.04. The zero-order chi connectivity index (χ0) is 13.7. The van der Waals surface area contributed by atoms with E-state index < -0.39 is 5.91 Å². The lowest BCUT2D eigenvalue weighted by Gasteiger charge is -2.05. The van der Waals surface area contributed by atoms with Crippen molar-refractivity contribution in [2.75, 3.05) is 0 Å². The molecule has 2 aromatic rings. The first-order valence-corrected chi connectivity index (χ1v) is 5.89. The molecular formula is C15H14N2O2. The zero-order valence-electron chi connectivity index (χ0n) is 10.3. The van der Waals surface area contributed by atoms with Gasteiger partial charge in [0, 0.05) is 17.7 Å². The molecule has 3 N–H and O–H groups in total. The maximum atomic E-state index is 11.9. The standard InChI is InChI=1S/C15H14N2O2/c16-14(18)12-6-8-13(9-7-12)15(19)17-10-11-4-2-1-3-5-11/h1-9H,10H2,(H2,16,18)(H,17,19). The van der Waals surface area contributed by atoms with Crippen molar-refractivity contribution in [3.63, 3.8) is 0 Å². The summed E-state index contributed by atoms with van der Waals surface area (Å²) in [5.41, 5.74) is 7.06. The molecule has 0 heterocycles. The SMILES string of the molecule is NC(=O)c1ccc(C(=O)NCc2ccccc2)cc1. The van der Waals surface area contributed by atoms with Crippen LogP contribution in [0.15, 0.2) is 54.6 Å². The van der Waals surface area contributed by atoms with Crippen LogP contribution in [0.3, 0.4) is 0 Å². The van der Waals surface area contributed by atoms with Crippen LogP contribution in [-0.4, -0.2) is 11.8 Å². The first-order chi connectivity index (χ1) is 9.16. The largest absolute Gasteiger partial charge is 0.366 e. The van der Waals surface area contributed by atoms with Crippen LogP contribution in [0.2, 0.25) is 0 Å². The number of rotatable bonds is 4. The molecule has 0 unspecified atom stereocenters. The average Bonchev–Trinajstić information content (AvgIpc) is 2.46. The van der Waals surface area contributed by atoms with Crippen LogP contribution in [0.5, 0.6) is 0 Å². The van der Waals surface area contributed by atoms with Crippen LogP contribution in [0.4, 0.5) is 0 Å². The fraction of sp³-hybridized carbons (Fsp3) is 0.0667. The molecule has 0 atom stereocenters. The summed E-state index contributed by atoms with van der Waals surface area (Å²) in [4.78, 5) is 22.8. The summed E-state index contributed by atoms with van der Waals surface area (Å²) in [5.74, 6) is -0.684. The lowest BCUT2D eigenvalue weighted by Crippen LogP contribution is -2.22. The van der Waals surface area contributed by atoms with Crippen molar-refractivity contribution in [2.45, 2.75) is 6.54 Å². The Balaban J connectivity index is 1.98. The lowest BCUT2D eigenvalue weighted by atomic mass is 10.1. The number of amides is 2. The number of hydrogen-bond donors (Lipinski definition) is 2. The van der Waals surface area contributed by atoms with E-state index >= 15 is 0 Å². The van der Waals surface area contributed by atoms with E-state index in [0.29, 0.717) is 17.7 Å². The van der Waals surface area contributed by atoms with Gasteiger partial charge in [0.2, 0.25) is 5.91 Å². The number of carbonyl (C=O) groups is 2. The molecule has 2 rings (SSSR count). The third kappa shape index (κ3) is 3.42. The number of carbonyl (C=O) groups excluding carboxylic acids is 2. The summed E-state index contributed by atoms with van der Waals surface area (Å²) in [6.07, 6.45) is 0. The maximum absolute atomic E-state index is 11.9. The minimum absolute atomic E-state index is 0.181. The van der Waals surface area contributed by atoms with Gasteiger partial charge in [0.25, 0.3) is 5.91 Å². The highest BCUT2D eigenvalue weighted by Gasteiger charge is 2.06. The van der Waals surface area contributed by atoms with Crippen LogP contribution in [0.1, 0.15) is 26.3 Å². The second-order valence-corrected chi connectivity index (χ2v) is 4.11. The minimum atomic E-state index is -0.503. The van der Waals surface area contributed by atoms with Crippen LogP contribution >= 0.6 is 0 Å². The molecule has 4 nitrogen and oxygen atoms in total. The normalized spacial score (nSPS) is 9.89. The third-order valence-electron chi connectivity index (χ3n) is 2.73. The Bertz CT molecular complexity index is 577. The number of nitrogens with one attached hydrogen (secondary N) is 1. The molecule has 0 aromatic heterocycles. The summed E-state index contributed by atoms with van der Waals surface area (Å²) >= 11 is 0. The van der Waals surface area contributed by atoms with Gasteiger partial charge in [-0.3, -0.25) is 9.59 Å². The monoisotopic (exact) mass is 254 g/mol. The van der Waals surface area contributed by atoms with Gasteiger partial charge in [0.15, 0.2) is 0 Å². The Morgan fingerprint density at radius 3 is 2.05 bits per heavy atom. The Morgan fingerprint density at radius 2 is 1.47 bits per heavy atom. The molecule has 0 radical (unpaired) electrons. The molecule has 4 heteroatoms. The van der Waals surface area contributed by atoms with E-state index in [4.69, 9.17) is 5.73 Å². The predicted molar refractivity (Wildman–Crippen MR) is 72.6 cm³/mol. The fourth-order valence-electron chi connectivity index (χ4n) is 1.67. The quantitative estimate of drug-likeness (QED) is 0.871. The summed E-state index contributed by atoms with van der Waals surface area (Å²) in [6.45, 7) is 0.469. The second-order valence-electron chi connectivity index (χ2n) is 4.11. The summed E-state index contributed by atoms with van der Waals surface area (Å²) in [6, 6.07) is 15.9. The lowest BCUT2D eigenvalue weighted by molar-refractivity contribution is 0.0948. The Morgan fingerprint density at radius 1 is 0.895 bits per heavy atom. The van der Waals surface area contributed by atoms with Crippen LogP contribution < -0.4 is 11.1 Å². The zero-order valence-corrected chi connectivity index (χ0v) is 10.3. The molecule has 19 heavy (non-hydrogen) atoms. The molecule has 0 bridgehead atoms. The summed E-state index contributed by atoms with van der Waals surface area (Å²) < 4.78 is 0. The van der Waals surface area contributed by atoms with E-state index in [1.807, 2.05) is 30.3 Å². The molecular weight excluding hydrogens is 240 g/mol. The molecule has 96 valence electrons. The first kappa shape index (κ1) is 12.8. The number of benzene rings is 2. The van der Waals surface area contributed by atoms with Gasteiger partial charge in [0.1, 0.15) is 0 Å². The number of hydrogen-bond acceptors (Lipinski definition) is 2. The molecule has 0 fully saturated rings. The minimum Gasteiger partial charge on any atom is -0.366 e. The van der Waals surface area contributed by atoms with Gasteiger partial charge in [0.05, 0.1) is 0 Å². The van der Waals surface area contributed by atoms with Crippen LogP contribution in [0.25, 0.3) is 0 Å². The van der Waals surface area contributed by atoms with E-state index in [-0.39, 0.29) is 5.91 Å². The van der Waals surface area contributed by atoms with Crippen molar-refractivity contribution in [3.8, 4) is 0 Å². The predicted octanol–water partition coefficient (Wildman–Crippen LogP) is 1.72. The highest BCUT2D eigenvalue weighted by atomic mass is 16.2. The van der Waals surface area contributed by atoms with Crippen molar-refractivity contribution in [3.05, 3.63) is 71.3 Å². The highest BCUT2D eigenvalue weighted by molar-refractivity contribution is 5.97.